The van der Waals surface area contributed by atoms with E-state index in [0.29, 0.717) is 18.1 Å². The Hall–Kier alpha value is -2.36. The fraction of sp³-hybridized carbons (Fsp3) is 0.267. The van der Waals surface area contributed by atoms with Crippen LogP contribution in [0.1, 0.15) is 24.5 Å². The van der Waals surface area contributed by atoms with Gasteiger partial charge in [-0.05, 0) is 30.5 Å². The van der Waals surface area contributed by atoms with Gasteiger partial charge in [-0.2, -0.15) is 4.68 Å². The van der Waals surface area contributed by atoms with Gasteiger partial charge in [0.25, 0.3) is 0 Å². The summed E-state index contributed by atoms with van der Waals surface area (Å²) in [5.74, 6) is 1.31. The quantitative estimate of drug-likeness (QED) is 0.817. The Bertz CT molecular complexity index is 898. The molecule has 126 valence electrons. The van der Waals surface area contributed by atoms with E-state index in [4.69, 9.17) is 5.14 Å². The smallest absolute Gasteiger partial charge is 0.239 e. The van der Waals surface area contributed by atoms with Crippen LogP contribution in [0.2, 0.25) is 0 Å². The maximum atomic E-state index is 11.3. The van der Waals surface area contributed by atoms with Crippen molar-refractivity contribution in [1.82, 2.24) is 19.7 Å². The van der Waals surface area contributed by atoms with Gasteiger partial charge in [0.05, 0.1) is 0 Å². The topological polar surface area (TPSA) is 124 Å². The lowest BCUT2D eigenvalue weighted by atomic mass is 10.0. The number of aliphatic hydroxyl groups excluding tert-OH is 1. The van der Waals surface area contributed by atoms with Crippen molar-refractivity contribution in [2.24, 2.45) is 5.14 Å². The lowest BCUT2D eigenvalue weighted by Gasteiger charge is -2.08. The van der Waals surface area contributed by atoms with Gasteiger partial charge in [0.1, 0.15) is 17.3 Å². The van der Waals surface area contributed by atoms with E-state index in [2.05, 4.69) is 27.2 Å². The summed E-state index contributed by atoms with van der Waals surface area (Å²) in [6.45, 7) is -0.288. The third-order valence-electron chi connectivity index (χ3n) is 3.56. The van der Waals surface area contributed by atoms with Gasteiger partial charge in [-0.1, -0.05) is 18.2 Å². The minimum absolute atomic E-state index is 0.0757. The van der Waals surface area contributed by atoms with Gasteiger partial charge >= 0.3 is 0 Å². The van der Waals surface area contributed by atoms with E-state index in [9.17, 15) is 13.5 Å². The van der Waals surface area contributed by atoms with Gasteiger partial charge in [0, 0.05) is 12.6 Å². The maximum absolute atomic E-state index is 11.3. The summed E-state index contributed by atoms with van der Waals surface area (Å²) in [5.41, 5.74) is 1.11. The predicted octanol–water partition coefficient (Wildman–Crippen LogP) is 0.621. The second-order valence-electron chi connectivity index (χ2n) is 5.35. The number of aromatic nitrogens is 4. The molecule has 9 heteroatoms. The number of nitrogens with two attached hydrogens (primary N) is 1. The Labute approximate surface area is 139 Å². The molecule has 0 fully saturated rings. The number of aliphatic hydroxyl groups is 1. The Morgan fingerprint density at radius 3 is 2.71 bits per heavy atom. The molecule has 0 spiro atoms. The van der Waals surface area contributed by atoms with Gasteiger partial charge in [0.15, 0.2) is 11.6 Å². The number of allylic oxidation sites excluding steroid dienone is 4. The van der Waals surface area contributed by atoms with Crippen LogP contribution in [0.3, 0.4) is 0 Å². The molecule has 2 heterocycles. The highest BCUT2D eigenvalue weighted by Crippen LogP contribution is 2.17. The Morgan fingerprint density at radius 2 is 2.12 bits per heavy atom. The minimum atomic E-state index is -3.80. The number of hydrogen-bond donors (Lipinski definition) is 2. The molecular weight excluding hydrogens is 330 g/mol. The largest absolute Gasteiger partial charge is 0.388 e. The van der Waals surface area contributed by atoms with Crippen molar-refractivity contribution >= 4 is 10.0 Å². The number of sulfonamides is 1. The first-order chi connectivity index (χ1) is 11.5. The molecule has 0 radical (unpaired) electrons. The van der Waals surface area contributed by atoms with E-state index in [1.165, 1.54) is 23.0 Å². The molecule has 0 saturated carbocycles. The maximum Gasteiger partial charge on any atom is 0.239 e. The molecule has 0 saturated heterocycles. The van der Waals surface area contributed by atoms with E-state index in [1.807, 2.05) is 6.08 Å². The molecule has 1 aliphatic carbocycles. The normalized spacial score (nSPS) is 14.7. The van der Waals surface area contributed by atoms with Crippen molar-refractivity contribution in [3.63, 3.8) is 0 Å². The van der Waals surface area contributed by atoms with Crippen molar-refractivity contribution < 1.29 is 13.5 Å². The zero-order chi connectivity index (χ0) is 17.2. The zero-order valence-electron chi connectivity index (χ0n) is 12.8. The van der Waals surface area contributed by atoms with Gasteiger partial charge < -0.3 is 5.11 Å². The fourth-order valence-corrected chi connectivity index (χ4v) is 2.86. The zero-order valence-corrected chi connectivity index (χ0v) is 13.6. The van der Waals surface area contributed by atoms with Crippen molar-refractivity contribution in [1.29, 1.82) is 0 Å². The van der Waals surface area contributed by atoms with E-state index in [1.54, 1.807) is 0 Å². The lowest BCUT2D eigenvalue weighted by molar-refractivity contribution is 0.271. The molecule has 0 amide bonds. The number of rotatable bonds is 5. The average molecular weight is 347 g/mol. The summed E-state index contributed by atoms with van der Waals surface area (Å²) in [7, 11) is -3.80. The van der Waals surface area contributed by atoms with Crippen LogP contribution in [0, 0.1) is 0 Å². The summed E-state index contributed by atoms with van der Waals surface area (Å²) >= 11 is 0. The molecule has 3 rings (SSSR count). The van der Waals surface area contributed by atoms with Crippen molar-refractivity contribution in [2.75, 3.05) is 0 Å². The van der Waals surface area contributed by atoms with Gasteiger partial charge in [-0.3, -0.25) is 0 Å². The average Bonchev–Trinajstić information content (AvgIpc) is 2.98. The predicted molar refractivity (Wildman–Crippen MR) is 86.6 cm³/mol. The lowest BCUT2D eigenvalue weighted by Crippen LogP contribution is -2.13. The molecule has 0 atom stereocenters. The first kappa shape index (κ1) is 16.5. The van der Waals surface area contributed by atoms with Crippen LogP contribution in [-0.4, -0.2) is 33.3 Å². The second-order valence-corrected chi connectivity index (χ2v) is 6.91. The van der Waals surface area contributed by atoms with Crippen LogP contribution in [0.4, 0.5) is 0 Å². The number of nitrogens with zero attached hydrogens (tertiary/aromatic N) is 4. The molecule has 0 aromatic carbocycles. The number of pyridine rings is 1. The van der Waals surface area contributed by atoms with E-state index < -0.39 is 10.0 Å². The van der Waals surface area contributed by atoms with Gasteiger partial charge in [-0.25, -0.2) is 23.5 Å². The molecule has 2 aromatic heterocycles. The van der Waals surface area contributed by atoms with Crippen LogP contribution < -0.4 is 5.14 Å². The van der Waals surface area contributed by atoms with Crippen LogP contribution in [0.15, 0.2) is 47.0 Å². The van der Waals surface area contributed by atoms with E-state index in [0.717, 1.165) is 18.4 Å². The Morgan fingerprint density at radius 1 is 1.29 bits per heavy atom. The summed E-state index contributed by atoms with van der Waals surface area (Å²) in [5, 5.41) is 18.6. The number of primary sulfonamides is 1. The van der Waals surface area contributed by atoms with E-state index >= 15 is 0 Å². The second kappa shape index (κ2) is 6.63. The molecule has 8 nitrogen and oxygen atoms in total. The summed E-state index contributed by atoms with van der Waals surface area (Å²) in [6, 6.07) is 2.87. The molecule has 0 aliphatic heterocycles. The van der Waals surface area contributed by atoms with E-state index in [-0.39, 0.29) is 17.3 Å². The monoisotopic (exact) mass is 347 g/mol. The first-order valence-electron chi connectivity index (χ1n) is 7.38. The molecule has 1 aliphatic rings. The first-order valence-corrected chi connectivity index (χ1v) is 8.92. The SMILES string of the molecule is NS(=O)(=O)c1ccc(-n2nc(CO)nc2CC2=CCCC=C2)nc1. The molecule has 24 heavy (non-hydrogen) atoms. The summed E-state index contributed by atoms with van der Waals surface area (Å²) < 4.78 is 24.1. The van der Waals surface area contributed by atoms with Gasteiger partial charge in [-0.15, -0.1) is 5.10 Å². The van der Waals surface area contributed by atoms with Crippen LogP contribution in [-0.2, 0) is 23.1 Å². The third-order valence-corrected chi connectivity index (χ3v) is 4.46. The minimum Gasteiger partial charge on any atom is -0.388 e. The molecule has 0 unspecified atom stereocenters. The molecule has 0 bridgehead atoms. The summed E-state index contributed by atoms with van der Waals surface area (Å²) in [4.78, 5) is 8.34. The van der Waals surface area contributed by atoms with Crippen molar-refractivity contribution in [3.8, 4) is 5.82 Å². The third kappa shape index (κ3) is 3.58. The number of hydrogen-bond acceptors (Lipinski definition) is 6. The Balaban J connectivity index is 1.96. The van der Waals surface area contributed by atoms with Gasteiger partial charge in [0.2, 0.25) is 10.0 Å². The molecular formula is C15H17N5O3S. The highest BCUT2D eigenvalue weighted by molar-refractivity contribution is 7.89. The van der Waals surface area contributed by atoms with Crippen LogP contribution in [0.5, 0.6) is 0 Å². The fourth-order valence-electron chi connectivity index (χ4n) is 2.40. The van der Waals surface area contributed by atoms with Crippen molar-refractivity contribution in [3.05, 3.63) is 53.8 Å². The highest BCUT2D eigenvalue weighted by Gasteiger charge is 2.15. The van der Waals surface area contributed by atoms with Crippen molar-refractivity contribution in [2.45, 2.75) is 30.8 Å². The highest BCUT2D eigenvalue weighted by atomic mass is 32.2. The Kier molecular flexibility index (Phi) is 4.56. The van der Waals surface area contributed by atoms with Crippen LogP contribution >= 0.6 is 0 Å². The summed E-state index contributed by atoms with van der Waals surface area (Å²) in [6.07, 6.45) is 10.00. The van der Waals surface area contributed by atoms with Crippen LogP contribution in [0.25, 0.3) is 5.82 Å². The molecule has 3 N–H and O–H groups in total. The standard InChI is InChI=1S/C15H17N5O3S/c16-24(22,23)12-6-7-14(17-9-12)20-15(18-13(10-21)19-20)8-11-4-2-1-3-5-11/h2,4-7,9,21H,1,3,8,10H2,(H2,16,22,23). The molecule has 2 aromatic rings.